The molecule has 132 valence electrons. The number of carbonyl (C=O) groups is 1. The summed E-state index contributed by atoms with van der Waals surface area (Å²) in [5.74, 6) is 0.965. The molecule has 0 amide bonds. The number of unbranched alkanes of at least 4 members (excludes halogenated alkanes) is 1. The van der Waals surface area contributed by atoms with Crippen molar-refractivity contribution in [3.63, 3.8) is 0 Å². The van der Waals surface area contributed by atoms with Crippen molar-refractivity contribution in [1.82, 2.24) is 10.7 Å². The van der Waals surface area contributed by atoms with Gasteiger partial charge in [-0.3, -0.25) is 5.43 Å². The van der Waals surface area contributed by atoms with E-state index < -0.39 is 0 Å². The number of hydrogen-bond donors (Lipinski definition) is 2. The highest BCUT2D eigenvalue weighted by atomic mass is 32.1. The average molecular weight is 359 g/mol. The van der Waals surface area contributed by atoms with Crippen molar-refractivity contribution in [3.8, 4) is 11.3 Å². The van der Waals surface area contributed by atoms with Crippen LogP contribution in [0.4, 0.5) is 0 Å². The molecule has 0 saturated carbocycles. The van der Waals surface area contributed by atoms with Crippen molar-refractivity contribution in [1.29, 1.82) is 0 Å². The number of furan rings is 1. The minimum absolute atomic E-state index is 0.307. The van der Waals surface area contributed by atoms with Gasteiger partial charge >= 0.3 is 5.97 Å². The molecule has 2 rings (SSSR count). The molecule has 25 heavy (non-hydrogen) atoms. The lowest BCUT2D eigenvalue weighted by Gasteiger charge is -2.04. The molecule has 0 aliphatic heterocycles. The number of ether oxygens (including phenoxy) is 1. The molecule has 0 bridgehead atoms. The summed E-state index contributed by atoms with van der Waals surface area (Å²) < 4.78 is 10.9. The Morgan fingerprint density at radius 3 is 2.72 bits per heavy atom. The van der Waals surface area contributed by atoms with E-state index in [2.05, 4.69) is 22.8 Å². The lowest BCUT2D eigenvalue weighted by Crippen LogP contribution is -2.28. The molecule has 0 fully saturated rings. The fraction of sp³-hybridized carbons (Fsp3) is 0.278. The highest BCUT2D eigenvalue weighted by molar-refractivity contribution is 7.80. The molecule has 2 N–H and O–H groups in total. The molecule has 0 atom stereocenters. The number of hydrazone groups is 1. The van der Waals surface area contributed by atoms with Crippen LogP contribution >= 0.6 is 12.2 Å². The normalized spacial score (nSPS) is 10.6. The Bertz CT molecular complexity index is 738. The number of rotatable bonds is 7. The summed E-state index contributed by atoms with van der Waals surface area (Å²) >= 11 is 4.91. The highest BCUT2D eigenvalue weighted by Crippen LogP contribution is 2.22. The third-order valence-electron chi connectivity index (χ3n) is 3.35. The van der Waals surface area contributed by atoms with E-state index in [0.29, 0.717) is 28.8 Å². The van der Waals surface area contributed by atoms with E-state index in [9.17, 15) is 4.79 Å². The molecule has 7 heteroatoms. The summed E-state index contributed by atoms with van der Waals surface area (Å²) in [6.07, 6.45) is 3.40. The number of nitrogens with zero attached hydrogens (tertiary/aromatic N) is 1. The van der Waals surface area contributed by atoms with Crippen molar-refractivity contribution in [2.45, 2.75) is 19.8 Å². The minimum Gasteiger partial charge on any atom is -0.462 e. The molecule has 1 aromatic carbocycles. The zero-order chi connectivity index (χ0) is 18.1. The molecule has 0 saturated heterocycles. The number of carbonyl (C=O) groups excluding carboxylic acids is 1. The van der Waals surface area contributed by atoms with Crippen molar-refractivity contribution >= 4 is 29.5 Å². The predicted octanol–water partition coefficient (Wildman–Crippen LogP) is 3.33. The number of thiocarbonyl (C=S) groups is 1. The maximum Gasteiger partial charge on any atom is 0.338 e. The van der Waals surface area contributed by atoms with E-state index >= 15 is 0 Å². The second-order valence-corrected chi connectivity index (χ2v) is 5.63. The van der Waals surface area contributed by atoms with E-state index in [1.54, 1.807) is 25.2 Å². The standard InChI is InChI=1S/C18H21N3O3S/c1-3-4-11-23-17(22)14-7-5-13(6-8-14)16-10-9-15(24-16)12-20-21-18(25)19-2/h5-10,12H,3-4,11H2,1-2H3,(H2,19,21,25)/b20-12+. The minimum atomic E-state index is -0.307. The van der Waals surface area contributed by atoms with Gasteiger partial charge in [-0.1, -0.05) is 25.5 Å². The van der Waals surface area contributed by atoms with Gasteiger partial charge in [0, 0.05) is 12.6 Å². The Morgan fingerprint density at radius 2 is 2.04 bits per heavy atom. The first kappa shape index (κ1) is 18.7. The van der Waals surface area contributed by atoms with Crippen molar-refractivity contribution in [3.05, 3.63) is 47.7 Å². The smallest absolute Gasteiger partial charge is 0.338 e. The average Bonchev–Trinajstić information content (AvgIpc) is 3.10. The van der Waals surface area contributed by atoms with Crippen LogP contribution in [0.5, 0.6) is 0 Å². The van der Waals surface area contributed by atoms with E-state index in [1.807, 2.05) is 18.2 Å². The van der Waals surface area contributed by atoms with Crippen LogP contribution < -0.4 is 10.7 Å². The first-order chi connectivity index (χ1) is 12.1. The second kappa shape index (κ2) is 9.58. The van der Waals surface area contributed by atoms with Gasteiger partial charge in [0.15, 0.2) is 5.11 Å². The number of benzene rings is 1. The molecule has 0 unspecified atom stereocenters. The van der Waals surface area contributed by atoms with Crippen molar-refractivity contribution in [2.24, 2.45) is 5.10 Å². The van der Waals surface area contributed by atoms with Gasteiger partial charge in [-0.05, 0) is 42.9 Å². The Kier molecular flexibility index (Phi) is 7.16. The third-order valence-corrected chi connectivity index (χ3v) is 3.64. The van der Waals surface area contributed by atoms with E-state index in [-0.39, 0.29) is 5.97 Å². The summed E-state index contributed by atoms with van der Waals surface area (Å²) in [6, 6.07) is 10.7. The van der Waals surface area contributed by atoms with E-state index in [4.69, 9.17) is 21.4 Å². The maximum absolute atomic E-state index is 11.9. The lowest BCUT2D eigenvalue weighted by atomic mass is 10.1. The van der Waals surface area contributed by atoms with E-state index in [0.717, 1.165) is 18.4 Å². The van der Waals surface area contributed by atoms with Crippen LogP contribution in [0.1, 0.15) is 35.9 Å². The molecule has 0 aliphatic rings. The number of nitrogens with one attached hydrogen (secondary N) is 2. The molecule has 0 radical (unpaired) electrons. The number of hydrogen-bond acceptors (Lipinski definition) is 5. The molecule has 1 aromatic heterocycles. The first-order valence-electron chi connectivity index (χ1n) is 8.02. The molecular formula is C18H21N3O3S. The Hall–Kier alpha value is -2.67. The van der Waals surface area contributed by atoms with Gasteiger partial charge in [-0.2, -0.15) is 5.10 Å². The zero-order valence-electron chi connectivity index (χ0n) is 14.2. The van der Waals surface area contributed by atoms with Crippen LogP contribution in [0.15, 0.2) is 45.9 Å². The van der Waals surface area contributed by atoms with Gasteiger partial charge < -0.3 is 14.5 Å². The molecule has 2 aromatic rings. The Labute approximate surface area is 152 Å². The van der Waals surface area contributed by atoms with E-state index in [1.165, 1.54) is 6.21 Å². The Morgan fingerprint density at radius 1 is 1.28 bits per heavy atom. The van der Waals surface area contributed by atoms with Crippen LogP contribution in [-0.4, -0.2) is 31.0 Å². The van der Waals surface area contributed by atoms with Gasteiger partial charge in [0.1, 0.15) is 11.5 Å². The SMILES string of the molecule is CCCCOC(=O)c1ccc(-c2ccc(/C=N/NC(=S)NC)o2)cc1. The molecule has 0 aliphatic carbocycles. The quantitative estimate of drug-likeness (QED) is 0.260. The lowest BCUT2D eigenvalue weighted by molar-refractivity contribution is 0.0500. The fourth-order valence-corrected chi connectivity index (χ4v) is 2.00. The summed E-state index contributed by atoms with van der Waals surface area (Å²) in [4.78, 5) is 11.9. The monoisotopic (exact) mass is 359 g/mol. The van der Waals surface area contributed by atoms with Crippen LogP contribution in [0.3, 0.4) is 0 Å². The topological polar surface area (TPSA) is 75.9 Å². The summed E-state index contributed by atoms with van der Waals surface area (Å²) in [5.41, 5.74) is 4.04. The largest absolute Gasteiger partial charge is 0.462 e. The van der Waals surface area contributed by atoms with Gasteiger partial charge in [0.25, 0.3) is 0 Å². The van der Waals surface area contributed by atoms with Crippen LogP contribution in [0, 0.1) is 0 Å². The molecule has 6 nitrogen and oxygen atoms in total. The first-order valence-corrected chi connectivity index (χ1v) is 8.43. The van der Waals surface area contributed by atoms with Crippen LogP contribution in [0.2, 0.25) is 0 Å². The third kappa shape index (κ3) is 5.72. The van der Waals surface area contributed by atoms with Crippen LogP contribution in [0.25, 0.3) is 11.3 Å². The summed E-state index contributed by atoms with van der Waals surface area (Å²) in [5, 5.41) is 7.13. The fourth-order valence-electron chi connectivity index (χ4n) is 1.95. The van der Waals surface area contributed by atoms with Gasteiger partial charge in [-0.25, -0.2) is 4.79 Å². The second-order valence-electron chi connectivity index (χ2n) is 5.22. The predicted molar refractivity (Wildman–Crippen MR) is 102 cm³/mol. The molecule has 1 heterocycles. The Balaban J connectivity index is 1.98. The summed E-state index contributed by atoms with van der Waals surface area (Å²) in [7, 11) is 1.71. The highest BCUT2D eigenvalue weighted by Gasteiger charge is 2.09. The molecular weight excluding hydrogens is 338 g/mol. The van der Waals surface area contributed by atoms with Crippen molar-refractivity contribution < 1.29 is 13.9 Å². The van der Waals surface area contributed by atoms with Gasteiger partial charge in [-0.15, -0.1) is 0 Å². The number of esters is 1. The zero-order valence-corrected chi connectivity index (χ0v) is 15.1. The van der Waals surface area contributed by atoms with Crippen molar-refractivity contribution in [2.75, 3.05) is 13.7 Å². The summed E-state index contributed by atoms with van der Waals surface area (Å²) in [6.45, 7) is 2.50. The van der Waals surface area contributed by atoms with Gasteiger partial charge in [0.2, 0.25) is 0 Å². The van der Waals surface area contributed by atoms with Gasteiger partial charge in [0.05, 0.1) is 18.4 Å². The maximum atomic E-state index is 11.9. The molecule has 0 spiro atoms. The van der Waals surface area contributed by atoms with Crippen LogP contribution in [-0.2, 0) is 4.74 Å².